The van der Waals surface area contributed by atoms with Crippen LogP contribution in [0.4, 0.5) is 0 Å². The Morgan fingerprint density at radius 2 is 1.94 bits per heavy atom. The van der Waals surface area contributed by atoms with Gasteiger partial charge in [0.25, 0.3) is 0 Å². The normalized spacial score (nSPS) is 14.4. The van der Waals surface area contributed by atoms with Gasteiger partial charge in [0.2, 0.25) is 0 Å². The van der Waals surface area contributed by atoms with Crippen molar-refractivity contribution < 1.29 is 0 Å². The molecule has 0 saturated carbocycles. The Morgan fingerprint density at radius 1 is 1.17 bits per heavy atom. The van der Waals surface area contributed by atoms with Gasteiger partial charge in [0.05, 0.1) is 0 Å². The molecule has 2 atom stereocenters. The predicted molar refractivity (Wildman–Crippen MR) is 80.1 cm³/mol. The summed E-state index contributed by atoms with van der Waals surface area (Å²) in [5.74, 6) is 0. The van der Waals surface area contributed by atoms with Crippen LogP contribution < -0.4 is 5.32 Å². The molecular weight excluding hydrogens is 238 g/mol. The highest BCUT2D eigenvalue weighted by atomic mass is 32.1. The van der Waals surface area contributed by atoms with E-state index in [1.807, 2.05) is 11.3 Å². The molecule has 0 aliphatic rings. The van der Waals surface area contributed by atoms with Gasteiger partial charge < -0.3 is 5.32 Å². The molecule has 2 aromatic rings. The van der Waals surface area contributed by atoms with Gasteiger partial charge in [-0.15, -0.1) is 11.3 Å². The van der Waals surface area contributed by atoms with Crippen molar-refractivity contribution in [1.29, 1.82) is 0 Å². The summed E-state index contributed by atoms with van der Waals surface area (Å²) in [5, 5.41) is 5.89. The first-order valence-electron chi connectivity index (χ1n) is 6.57. The minimum absolute atomic E-state index is 0.387. The summed E-state index contributed by atoms with van der Waals surface area (Å²) in [6.07, 6.45) is 1.12. The maximum Gasteiger partial charge on any atom is 0.0416 e. The molecule has 1 unspecified atom stereocenters. The lowest BCUT2D eigenvalue weighted by atomic mass is 10.0. The summed E-state index contributed by atoms with van der Waals surface area (Å²) in [6.45, 7) is 6.67. The number of rotatable bonds is 5. The molecule has 0 saturated heterocycles. The first-order chi connectivity index (χ1) is 8.72. The van der Waals surface area contributed by atoms with Gasteiger partial charge in [0.1, 0.15) is 0 Å². The molecule has 2 heteroatoms. The van der Waals surface area contributed by atoms with E-state index in [2.05, 4.69) is 67.9 Å². The summed E-state index contributed by atoms with van der Waals surface area (Å²) in [7, 11) is 0. The number of aryl methyl sites for hydroxylation is 1. The van der Waals surface area contributed by atoms with Crippen LogP contribution in [0.5, 0.6) is 0 Å². The van der Waals surface area contributed by atoms with Crippen LogP contribution in [-0.4, -0.2) is 0 Å². The molecule has 2 rings (SSSR count). The van der Waals surface area contributed by atoms with Crippen molar-refractivity contribution in [2.45, 2.75) is 39.3 Å². The van der Waals surface area contributed by atoms with Gasteiger partial charge in [-0.1, -0.05) is 37.3 Å². The second-order valence-corrected chi connectivity index (χ2v) is 5.70. The van der Waals surface area contributed by atoms with Gasteiger partial charge in [-0.25, -0.2) is 0 Å². The zero-order chi connectivity index (χ0) is 13.0. The third-order valence-electron chi connectivity index (χ3n) is 3.40. The van der Waals surface area contributed by atoms with Crippen LogP contribution in [0, 0.1) is 6.92 Å². The van der Waals surface area contributed by atoms with Gasteiger partial charge in [0, 0.05) is 17.0 Å². The standard InChI is InChI=1S/C16H21NS/c1-4-15(16-10-7-11-18-16)17-13(3)14-9-6-5-8-12(14)2/h5-11,13,15,17H,4H2,1-3H3/t13-,15?/m1/s1. The van der Waals surface area contributed by atoms with Crippen molar-refractivity contribution in [2.24, 2.45) is 0 Å². The monoisotopic (exact) mass is 259 g/mol. The smallest absolute Gasteiger partial charge is 0.0416 e. The molecule has 1 heterocycles. The third kappa shape index (κ3) is 3.01. The molecule has 96 valence electrons. The zero-order valence-corrected chi connectivity index (χ0v) is 12.1. The van der Waals surface area contributed by atoms with Crippen molar-refractivity contribution in [2.75, 3.05) is 0 Å². The average Bonchev–Trinajstić information content (AvgIpc) is 2.90. The molecule has 0 aliphatic heterocycles. The first-order valence-corrected chi connectivity index (χ1v) is 7.45. The first kappa shape index (κ1) is 13.3. The van der Waals surface area contributed by atoms with Gasteiger partial charge >= 0.3 is 0 Å². The Labute approximate surface area is 114 Å². The minimum atomic E-state index is 0.387. The quantitative estimate of drug-likeness (QED) is 0.808. The van der Waals surface area contributed by atoms with Crippen LogP contribution in [0.1, 0.15) is 48.4 Å². The predicted octanol–water partition coefficient (Wildman–Crippen LogP) is 4.86. The van der Waals surface area contributed by atoms with Crippen molar-refractivity contribution in [1.82, 2.24) is 5.32 Å². The molecule has 0 aliphatic carbocycles. The van der Waals surface area contributed by atoms with Crippen LogP contribution >= 0.6 is 11.3 Å². The number of thiophene rings is 1. The van der Waals surface area contributed by atoms with E-state index in [4.69, 9.17) is 0 Å². The largest absolute Gasteiger partial charge is 0.303 e. The Balaban J connectivity index is 2.11. The molecular formula is C16H21NS. The van der Waals surface area contributed by atoms with E-state index in [1.54, 1.807) is 0 Å². The van der Waals surface area contributed by atoms with Gasteiger partial charge in [-0.3, -0.25) is 0 Å². The van der Waals surface area contributed by atoms with E-state index in [9.17, 15) is 0 Å². The molecule has 0 bridgehead atoms. The summed E-state index contributed by atoms with van der Waals surface area (Å²) in [5.41, 5.74) is 2.76. The summed E-state index contributed by atoms with van der Waals surface area (Å²) < 4.78 is 0. The molecule has 18 heavy (non-hydrogen) atoms. The maximum atomic E-state index is 3.74. The number of benzene rings is 1. The molecule has 1 aromatic heterocycles. The zero-order valence-electron chi connectivity index (χ0n) is 11.3. The average molecular weight is 259 g/mol. The van der Waals surface area contributed by atoms with Crippen LogP contribution in [0.25, 0.3) is 0 Å². The molecule has 0 amide bonds. The maximum absolute atomic E-state index is 3.74. The van der Waals surface area contributed by atoms with E-state index < -0.39 is 0 Å². The Morgan fingerprint density at radius 3 is 2.56 bits per heavy atom. The van der Waals surface area contributed by atoms with Crippen molar-refractivity contribution in [3.63, 3.8) is 0 Å². The fraction of sp³-hybridized carbons (Fsp3) is 0.375. The fourth-order valence-electron chi connectivity index (χ4n) is 2.35. The Bertz CT molecular complexity index is 476. The molecule has 1 aromatic carbocycles. The van der Waals surface area contributed by atoms with Crippen LogP contribution in [0.2, 0.25) is 0 Å². The third-order valence-corrected chi connectivity index (χ3v) is 4.39. The van der Waals surface area contributed by atoms with Gasteiger partial charge in [0.15, 0.2) is 0 Å². The Hall–Kier alpha value is -1.12. The van der Waals surface area contributed by atoms with E-state index >= 15 is 0 Å². The second-order valence-electron chi connectivity index (χ2n) is 4.72. The van der Waals surface area contributed by atoms with E-state index in [0.717, 1.165) is 6.42 Å². The van der Waals surface area contributed by atoms with Gasteiger partial charge in [-0.05, 0) is 42.8 Å². The van der Waals surface area contributed by atoms with E-state index in [-0.39, 0.29) is 0 Å². The molecule has 1 nitrogen and oxygen atoms in total. The highest BCUT2D eigenvalue weighted by molar-refractivity contribution is 7.10. The molecule has 0 spiro atoms. The highest BCUT2D eigenvalue weighted by Gasteiger charge is 2.15. The molecule has 0 fully saturated rings. The van der Waals surface area contributed by atoms with Crippen molar-refractivity contribution in [3.05, 3.63) is 57.8 Å². The van der Waals surface area contributed by atoms with E-state index in [0.29, 0.717) is 12.1 Å². The Kier molecular flexibility index (Phi) is 4.56. The number of nitrogens with one attached hydrogen (secondary N) is 1. The lowest BCUT2D eigenvalue weighted by Gasteiger charge is -2.23. The minimum Gasteiger partial charge on any atom is -0.303 e. The van der Waals surface area contributed by atoms with Crippen molar-refractivity contribution in [3.8, 4) is 0 Å². The topological polar surface area (TPSA) is 12.0 Å². The number of hydrogen-bond donors (Lipinski definition) is 1. The lowest BCUT2D eigenvalue weighted by Crippen LogP contribution is -2.24. The second kappa shape index (κ2) is 6.17. The molecule has 1 N–H and O–H groups in total. The lowest BCUT2D eigenvalue weighted by molar-refractivity contribution is 0.461. The van der Waals surface area contributed by atoms with Gasteiger partial charge in [-0.2, -0.15) is 0 Å². The van der Waals surface area contributed by atoms with Crippen LogP contribution in [0.15, 0.2) is 41.8 Å². The molecule has 0 radical (unpaired) electrons. The SMILES string of the molecule is CCC(N[C@H](C)c1ccccc1C)c1cccs1. The summed E-state index contributed by atoms with van der Waals surface area (Å²) in [6, 6.07) is 13.8. The van der Waals surface area contributed by atoms with Crippen LogP contribution in [-0.2, 0) is 0 Å². The van der Waals surface area contributed by atoms with Crippen molar-refractivity contribution >= 4 is 11.3 Å². The highest BCUT2D eigenvalue weighted by Crippen LogP contribution is 2.26. The summed E-state index contributed by atoms with van der Waals surface area (Å²) >= 11 is 1.83. The summed E-state index contributed by atoms with van der Waals surface area (Å²) in [4.78, 5) is 1.43. The van der Waals surface area contributed by atoms with E-state index in [1.165, 1.54) is 16.0 Å². The number of hydrogen-bond acceptors (Lipinski definition) is 2. The van der Waals surface area contributed by atoms with Crippen LogP contribution in [0.3, 0.4) is 0 Å². The fourth-order valence-corrected chi connectivity index (χ4v) is 3.23.